The molecule has 1 aromatic rings. The van der Waals surface area contributed by atoms with Crippen LogP contribution in [0.1, 0.15) is 49.3 Å². The van der Waals surface area contributed by atoms with Gasteiger partial charge >= 0.3 is 0 Å². The van der Waals surface area contributed by atoms with Gasteiger partial charge in [0.05, 0.1) is 0 Å². The van der Waals surface area contributed by atoms with Crippen molar-refractivity contribution in [2.24, 2.45) is 0 Å². The molecule has 132 valence electrons. The van der Waals surface area contributed by atoms with Gasteiger partial charge in [-0.1, -0.05) is 43.2 Å². The number of hydrogen-bond donors (Lipinski definition) is 0. The molecular weight excluding hydrogens is 304 g/mol. The van der Waals surface area contributed by atoms with E-state index >= 15 is 0 Å². The van der Waals surface area contributed by atoms with Crippen molar-refractivity contribution in [1.29, 1.82) is 0 Å². The van der Waals surface area contributed by atoms with E-state index in [9.17, 15) is 0 Å². The van der Waals surface area contributed by atoms with Crippen molar-refractivity contribution in [2.45, 2.75) is 45.2 Å². The number of rotatable bonds is 8. The molecule has 0 radical (unpaired) electrons. The molecule has 1 aliphatic heterocycles. The van der Waals surface area contributed by atoms with Gasteiger partial charge in [0.15, 0.2) is 0 Å². The maximum Gasteiger partial charge on any atom is 0.0451 e. The van der Waals surface area contributed by atoms with Gasteiger partial charge in [0.2, 0.25) is 0 Å². The van der Waals surface area contributed by atoms with Crippen molar-refractivity contribution >= 4 is 5.70 Å². The van der Waals surface area contributed by atoms with Gasteiger partial charge in [-0.2, -0.15) is 0 Å². The van der Waals surface area contributed by atoms with Crippen LogP contribution in [-0.4, -0.2) is 29.4 Å². The van der Waals surface area contributed by atoms with Gasteiger partial charge in [-0.25, -0.2) is 0 Å². The Bertz CT molecular complexity index is 690. The molecule has 0 saturated heterocycles. The van der Waals surface area contributed by atoms with Crippen molar-refractivity contribution in [3.05, 3.63) is 66.9 Å². The molecule has 0 spiro atoms. The third-order valence-corrected chi connectivity index (χ3v) is 4.83. The Morgan fingerprint density at radius 2 is 2.16 bits per heavy atom. The number of benzene rings is 1. The van der Waals surface area contributed by atoms with E-state index in [1.165, 1.54) is 11.1 Å². The van der Waals surface area contributed by atoms with Crippen molar-refractivity contribution in [3.63, 3.8) is 0 Å². The number of nitrogens with zero attached hydrogens (tertiary/aromatic N) is 2. The minimum atomic E-state index is 0.466. The van der Waals surface area contributed by atoms with Crippen LogP contribution in [0.2, 0.25) is 0 Å². The molecule has 25 heavy (non-hydrogen) atoms. The van der Waals surface area contributed by atoms with E-state index in [4.69, 9.17) is 0 Å². The SMILES string of the molecule is C=CCCC(C)N1Cc2c(C#CCCCN(C)C=C)cccc2C1=C. The third-order valence-electron chi connectivity index (χ3n) is 4.83. The van der Waals surface area contributed by atoms with Crippen molar-refractivity contribution in [1.82, 2.24) is 9.80 Å². The Morgan fingerprint density at radius 1 is 1.36 bits per heavy atom. The Hall–Kier alpha value is -2.40. The molecule has 0 bridgehead atoms. The first-order valence-electron chi connectivity index (χ1n) is 9.08. The highest BCUT2D eigenvalue weighted by atomic mass is 15.2. The summed E-state index contributed by atoms with van der Waals surface area (Å²) in [5, 5.41) is 0. The molecule has 0 N–H and O–H groups in total. The lowest BCUT2D eigenvalue weighted by atomic mass is 10.0. The summed E-state index contributed by atoms with van der Waals surface area (Å²) in [6.45, 7) is 16.1. The van der Waals surface area contributed by atoms with E-state index in [2.05, 4.69) is 66.5 Å². The molecule has 2 rings (SSSR count). The minimum absolute atomic E-state index is 0.466. The van der Waals surface area contributed by atoms with Gasteiger partial charge < -0.3 is 9.80 Å². The summed E-state index contributed by atoms with van der Waals surface area (Å²) in [4.78, 5) is 4.49. The van der Waals surface area contributed by atoms with Crippen LogP contribution in [0, 0.1) is 11.8 Å². The highest BCUT2D eigenvalue weighted by Crippen LogP contribution is 2.35. The fourth-order valence-electron chi connectivity index (χ4n) is 3.17. The summed E-state index contributed by atoms with van der Waals surface area (Å²) in [5.41, 5.74) is 4.86. The van der Waals surface area contributed by atoms with E-state index in [1.54, 1.807) is 0 Å². The number of fused-ring (bicyclic) bond motifs is 1. The molecule has 0 aromatic heterocycles. The van der Waals surface area contributed by atoms with Crippen LogP contribution < -0.4 is 0 Å². The van der Waals surface area contributed by atoms with Crippen LogP contribution in [0.4, 0.5) is 0 Å². The zero-order valence-corrected chi connectivity index (χ0v) is 15.7. The average Bonchev–Trinajstić information content (AvgIpc) is 2.97. The topological polar surface area (TPSA) is 6.48 Å². The summed E-state index contributed by atoms with van der Waals surface area (Å²) in [5.74, 6) is 6.71. The lowest BCUT2D eigenvalue weighted by Gasteiger charge is -2.27. The van der Waals surface area contributed by atoms with Gasteiger partial charge in [-0.3, -0.25) is 0 Å². The number of hydrogen-bond acceptors (Lipinski definition) is 2. The van der Waals surface area contributed by atoms with E-state index in [0.717, 1.165) is 50.0 Å². The molecule has 1 aliphatic rings. The Kier molecular flexibility index (Phi) is 6.95. The maximum atomic E-state index is 4.32. The molecular formula is C23H30N2. The van der Waals surface area contributed by atoms with Crippen LogP contribution in [0.25, 0.3) is 5.70 Å². The van der Waals surface area contributed by atoms with E-state index in [-0.39, 0.29) is 0 Å². The first kappa shape index (κ1) is 18.9. The Labute approximate surface area is 153 Å². The molecule has 2 nitrogen and oxygen atoms in total. The van der Waals surface area contributed by atoms with Crippen LogP contribution in [0.3, 0.4) is 0 Å². The smallest absolute Gasteiger partial charge is 0.0451 e. The molecule has 1 heterocycles. The summed E-state index contributed by atoms with van der Waals surface area (Å²) >= 11 is 0. The molecule has 0 saturated carbocycles. The Morgan fingerprint density at radius 3 is 2.88 bits per heavy atom. The number of unbranched alkanes of at least 4 members (excludes halogenated alkanes) is 1. The fourth-order valence-corrected chi connectivity index (χ4v) is 3.17. The second-order valence-electron chi connectivity index (χ2n) is 6.69. The van der Waals surface area contributed by atoms with Gasteiger partial charge in [-0.05, 0) is 44.0 Å². The summed E-state index contributed by atoms with van der Waals surface area (Å²) in [7, 11) is 2.04. The van der Waals surface area contributed by atoms with Crippen LogP contribution in [0.5, 0.6) is 0 Å². The lowest BCUT2D eigenvalue weighted by Crippen LogP contribution is -2.26. The van der Waals surface area contributed by atoms with E-state index in [1.807, 2.05) is 19.3 Å². The predicted molar refractivity (Wildman–Crippen MR) is 109 cm³/mol. The zero-order valence-electron chi connectivity index (χ0n) is 15.7. The largest absolute Gasteiger partial charge is 0.381 e. The molecule has 0 fully saturated rings. The standard InChI is InChI=1S/C23H30N2/c1-6-8-13-19(3)25-18-23-21(15-12-16-22(23)20(25)4)14-10-9-11-17-24(5)7-2/h6-7,12,15-16,19H,1-2,4,8-9,11,13,17-18H2,3,5H3. The maximum absolute atomic E-state index is 4.32. The molecule has 1 unspecified atom stereocenters. The second kappa shape index (κ2) is 9.18. The normalized spacial score (nSPS) is 13.7. The quantitative estimate of drug-likeness (QED) is 0.373. The van der Waals surface area contributed by atoms with Gasteiger partial charge in [0.25, 0.3) is 0 Å². The first-order chi connectivity index (χ1) is 12.1. The van der Waals surface area contributed by atoms with Gasteiger partial charge in [-0.15, -0.1) is 6.58 Å². The summed E-state index contributed by atoms with van der Waals surface area (Å²) in [6.07, 6.45) is 7.94. The highest BCUT2D eigenvalue weighted by molar-refractivity contribution is 5.72. The van der Waals surface area contributed by atoms with Crippen molar-refractivity contribution in [3.8, 4) is 11.8 Å². The zero-order chi connectivity index (χ0) is 18.2. The minimum Gasteiger partial charge on any atom is -0.381 e. The first-order valence-corrected chi connectivity index (χ1v) is 9.08. The van der Waals surface area contributed by atoms with Gasteiger partial charge in [0, 0.05) is 49.4 Å². The number of allylic oxidation sites excluding steroid dienone is 1. The predicted octanol–water partition coefficient (Wildman–Crippen LogP) is 5.03. The van der Waals surface area contributed by atoms with Crippen LogP contribution in [0.15, 0.2) is 50.2 Å². The molecule has 0 amide bonds. The third kappa shape index (κ3) is 4.79. The monoisotopic (exact) mass is 334 g/mol. The molecule has 1 atom stereocenters. The average molecular weight is 335 g/mol. The molecule has 1 aromatic carbocycles. The van der Waals surface area contributed by atoms with Crippen LogP contribution in [-0.2, 0) is 6.54 Å². The highest BCUT2D eigenvalue weighted by Gasteiger charge is 2.27. The van der Waals surface area contributed by atoms with Crippen molar-refractivity contribution in [2.75, 3.05) is 13.6 Å². The summed E-state index contributed by atoms with van der Waals surface area (Å²) in [6, 6.07) is 6.86. The van der Waals surface area contributed by atoms with E-state index in [0.29, 0.717) is 6.04 Å². The Balaban J connectivity index is 2.05. The summed E-state index contributed by atoms with van der Waals surface area (Å²) < 4.78 is 0. The second-order valence-corrected chi connectivity index (χ2v) is 6.69. The lowest BCUT2D eigenvalue weighted by molar-refractivity contribution is 0.305. The van der Waals surface area contributed by atoms with E-state index < -0.39 is 0 Å². The fraction of sp³-hybridized carbons (Fsp3) is 0.391. The van der Waals surface area contributed by atoms with Gasteiger partial charge in [0.1, 0.15) is 0 Å². The van der Waals surface area contributed by atoms with Crippen molar-refractivity contribution < 1.29 is 0 Å². The van der Waals surface area contributed by atoms with Crippen LogP contribution >= 0.6 is 0 Å². The molecule has 0 aliphatic carbocycles. The molecule has 2 heteroatoms.